The predicted molar refractivity (Wildman–Crippen MR) is 221 cm³/mol. The number of carbonyl (C=O) groups excluding carboxylic acids is 2. The molecule has 1 saturated heterocycles. The lowest BCUT2D eigenvalue weighted by Gasteiger charge is -2.52. The summed E-state index contributed by atoms with van der Waals surface area (Å²) in [6, 6.07) is 41.5. The molecule has 0 aliphatic carbocycles. The topological polar surface area (TPSA) is 80.3 Å². The van der Waals surface area contributed by atoms with Crippen molar-refractivity contribution in [2.45, 2.75) is 102 Å². The molecular formula is C45H56O7Si2. The predicted octanol–water partition coefficient (Wildman–Crippen LogP) is 6.72. The van der Waals surface area contributed by atoms with E-state index in [1.165, 1.54) is 13.8 Å². The van der Waals surface area contributed by atoms with Crippen molar-refractivity contribution in [2.24, 2.45) is 0 Å². The van der Waals surface area contributed by atoms with Gasteiger partial charge in [0.05, 0.1) is 6.61 Å². The molecule has 5 atom stereocenters. The molecule has 1 heterocycles. The molecule has 0 unspecified atom stereocenters. The summed E-state index contributed by atoms with van der Waals surface area (Å²) in [5.41, 5.74) is 0. The van der Waals surface area contributed by atoms with E-state index < -0.39 is 64.1 Å². The first-order valence-corrected chi connectivity index (χ1v) is 22.6. The third-order valence-electron chi connectivity index (χ3n) is 10.3. The molecule has 1 aliphatic rings. The molecule has 4 aromatic rings. The van der Waals surface area contributed by atoms with Crippen LogP contribution in [0.5, 0.6) is 0 Å². The van der Waals surface area contributed by atoms with Crippen molar-refractivity contribution < 1.29 is 32.7 Å². The van der Waals surface area contributed by atoms with Crippen LogP contribution in [0.25, 0.3) is 0 Å². The van der Waals surface area contributed by atoms with Crippen LogP contribution in [-0.4, -0.2) is 65.7 Å². The van der Waals surface area contributed by atoms with Gasteiger partial charge in [-0.15, -0.1) is 6.58 Å². The number of ether oxygens (including phenoxy) is 3. The third kappa shape index (κ3) is 8.40. The maximum absolute atomic E-state index is 13.1. The Balaban J connectivity index is 1.75. The first-order chi connectivity index (χ1) is 25.7. The van der Waals surface area contributed by atoms with Gasteiger partial charge in [-0.1, -0.05) is 169 Å². The van der Waals surface area contributed by atoms with E-state index >= 15 is 0 Å². The Labute approximate surface area is 323 Å². The molecule has 1 aliphatic heterocycles. The van der Waals surface area contributed by atoms with Crippen LogP contribution in [0.15, 0.2) is 134 Å². The highest BCUT2D eigenvalue weighted by molar-refractivity contribution is 7.00. The van der Waals surface area contributed by atoms with Crippen LogP contribution in [0.4, 0.5) is 0 Å². The monoisotopic (exact) mass is 764 g/mol. The van der Waals surface area contributed by atoms with E-state index in [9.17, 15) is 9.59 Å². The Bertz CT molecular complexity index is 1740. The molecule has 0 saturated carbocycles. The fourth-order valence-corrected chi connectivity index (χ4v) is 17.4. The Kier molecular flexibility index (Phi) is 13.0. The second kappa shape index (κ2) is 17.1. The minimum absolute atomic E-state index is 0.119. The summed E-state index contributed by atoms with van der Waals surface area (Å²) < 4.78 is 34.6. The SMILES string of the molecule is C=CC[C@@H]1O[C@@H](CO[Si](c2ccccc2)(c2ccccc2)C(C)(C)C)[C@H](O[Si](c2ccccc2)(c2ccccc2)C(C)(C)C)[C@@H](OC(C)=O)[C@@H]1OC(C)=O. The van der Waals surface area contributed by atoms with Gasteiger partial charge in [0.25, 0.3) is 16.6 Å². The van der Waals surface area contributed by atoms with Gasteiger partial charge in [-0.25, -0.2) is 0 Å². The Morgan fingerprint density at radius 2 is 0.963 bits per heavy atom. The molecule has 4 aromatic carbocycles. The second-order valence-electron chi connectivity index (χ2n) is 16.1. The summed E-state index contributed by atoms with van der Waals surface area (Å²) >= 11 is 0. The van der Waals surface area contributed by atoms with E-state index in [1.807, 2.05) is 48.5 Å². The first kappa shape index (κ1) is 41.0. The average Bonchev–Trinajstić information content (AvgIpc) is 3.13. The number of esters is 2. The molecule has 0 aromatic heterocycles. The van der Waals surface area contributed by atoms with Crippen LogP contribution in [-0.2, 0) is 32.7 Å². The third-order valence-corrected chi connectivity index (χ3v) is 20.4. The number of hydrogen-bond donors (Lipinski definition) is 0. The van der Waals surface area contributed by atoms with Gasteiger partial charge >= 0.3 is 11.9 Å². The number of carbonyl (C=O) groups is 2. The molecule has 0 spiro atoms. The lowest BCUT2D eigenvalue weighted by molar-refractivity contribution is -0.240. The quantitative estimate of drug-likeness (QED) is 0.0851. The van der Waals surface area contributed by atoms with Gasteiger partial charge in [0, 0.05) is 13.8 Å². The maximum Gasteiger partial charge on any atom is 0.303 e. The molecule has 5 rings (SSSR count). The zero-order valence-corrected chi connectivity index (χ0v) is 35.0. The van der Waals surface area contributed by atoms with E-state index in [2.05, 4.69) is 121 Å². The number of rotatable bonds is 13. The van der Waals surface area contributed by atoms with Crippen molar-refractivity contribution in [1.29, 1.82) is 0 Å². The standard InChI is InChI=1S/C45H56O7Si2/c1-10-23-39-41(49-33(2)46)43(50-34(3)47)42(52-54(45(7,8)9,37-28-19-13-20-29-37)38-30-21-14-22-31-38)40(51-39)32-48-53(44(4,5)6,35-24-15-11-16-25-35)36-26-17-12-18-27-36/h10-22,24-31,39-43H,1,23,32H2,2-9H3/t39-,40-,41+,42-,43-/m0/s1. The van der Waals surface area contributed by atoms with Crippen LogP contribution in [0.2, 0.25) is 10.1 Å². The van der Waals surface area contributed by atoms with Crippen LogP contribution >= 0.6 is 0 Å². The number of benzene rings is 4. The maximum atomic E-state index is 13.1. The van der Waals surface area contributed by atoms with Gasteiger partial charge in [-0.2, -0.15) is 0 Å². The average molecular weight is 765 g/mol. The molecule has 9 heteroatoms. The van der Waals surface area contributed by atoms with Crippen LogP contribution < -0.4 is 20.7 Å². The zero-order valence-electron chi connectivity index (χ0n) is 33.0. The van der Waals surface area contributed by atoms with Gasteiger partial charge in [0.1, 0.15) is 18.3 Å². The summed E-state index contributed by atoms with van der Waals surface area (Å²) in [5.74, 6) is -1.03. The fourth-order valence-electron chi connectivity index (χ4n) is 8.14. The normalized spacial score (nSPS) is 20.9. The Morgan fingerprint density at radius 3 is 1.31 bits per heavy atom. The van der Waals surface area contributed by atoms with Gasteiger partial charge in [-0.3, -0.25) is 9.59 Å². The molecule has 0 amide bonds. The minimum atomic E-state index is -3.30. The highest BCUT2D eigenvalue weighted by Gasteiger charge is 2.59. The van der Waals surface area contributed by atoms with Crippen molar-refractivity contribution in [3.8, 4) is 0 Å². The molecule has 7 nitrogen and oxygen atoms in total. The van der Waals surface area contributed by atoms with E-state index in [-0.39, 0.29) is 11.6 Å². The van der Waals surface area contributed by atoms with Gasteiger partial charge in [0.15, 0.2) is 12.2 Å². The van der Waals surface area contributed by atoms with Crippen molar-refractivity contribution in [3.05, 3.63) is 134 Å². The number of hydrogen-bond acceptors (Lipinski definition) is 7. The van der Waals surface area contributed by atoms with Crippen molar-refractivity contribution >= 4 is 49.3 Å². The lowest BCUT2D eigenvalue weighted by Crippen LogP contribution is -2.73. The van der Waals surface area contributed by atoms with Crippen LogP contribution in [0, 0.1) is 0 Å². The molecule has 286 valence electrons. The second-order valence-corrected chi connectivity index (χ2v) is 24.7. The van der Waals surface area contributed by atoms with E-state index in [0.29, 0.717) is 6.42 Å². The summed E-state index contributed by atoms with van der Waals surface area (Å²) in [6.45, 7) is 20.1. The van der Waals surface area contributed by atoms with Crippen LogP contribution in [0.1, 0.15) is 61.8 Å². The molecule has 0 radical (unpaired) electrons. The Morgan fingerprint density at radius 1 is 0.593 bits per heavy atom. The lowest BCUT2D eigenvalue weighted by atomic mass is 9.93. The summed E-state index contributed by atoms with van der Waals surface area (Å²) in [7, 11) is -6.36. The summed E-state index contributed by atoms with van der Waals surface area (Å²) in [4.78, 5) is 25.8. The van der Waals surface area contributed by atoms with Gasteiger partial charge in [-0.05, 0) is 37.2 Å². The molecular weight excluding hydrogens is 709 g/mol. The van der Waals surface area contributed by atoms with Gasteiger partial charge in [0.2, 0.25) is 0 Å². The molecule has 54 heavy (non-hydrogen) atoms. The van der Waals surface area contributed by atoms with E-state index in [0.717, 1.165) is 20.7 Å². The fraction of sp³-hybridized carbons (Fsp3) is 0.378. The Hall–Kier alpha value is -4.13. The van der Waals surface area contributed by atoms with E-state index in [4.69, 9.17) is 23.1 Å². The van der Waals surface area contributed by atoms with Crippen molar-refractivity contribution in [2.75, 3.05) is 6.61 Å². The van der Waals surface area contributed by atoms with Crippen molar-refractivity contribution in [1.82, 2.24) is 0 Å². The van der Waals surface area contributed by atoms with Crippen molar-refractivity contribution in [3.63, 3.8) is 0 Å². The molecule has 0 bridgehead atoms. The molecule has 1 fully saturated rings. The largest absolute Gasteiger partial charge is 0.456 e. The first-order valence-electron chi connectivity index (χ1n) is 18.8. The highest BCUT2D eigenvalue weighted by atomic mass is 28.4. The zero-order chi connectivity index (χ0) is 39.1. The summed E-state index contributed by atoms with van der Waals surface area (Å²) in [5, 5.41) is 3.62. The minimum Gasteiger partial charge on any atom is -0.456 e. The highest BCUT2D eigenvalue weighted by Crippen LogP contribution is 2.42. The van der Waals surface area contributed by atoms with E-state index in [1.54, 1.807) is 6.08 Å². The van der Waals surface area contributed by atoms with Gasteiger partial charge < -0.3 is 23.1 Å². The molecule has 0 N–H and O–H groups in total. The summed E-state index contributed by atoms with van der Waals surface area (Å²) in [6.07, 6.45) is -2.22. The van der Waals surface area contributed by atoms with Crippen LogP contribution in [0.3, 0.4) is 0 Å². The smallest absolute Gasteiger partial charge is 0.303 e.